The van der Waals surface area contributed by atoms with Crippen LogP contribution in [0.2, 0.25) is 0 Å². The molecule has 3 aromatic rings. The van der Waals surface area contributed by atoms with Crippen LogP contribution in [0.3, 0.4) is 0 Å². The molecule has 5 nitrogen and oxygen atoms in total. The molecule has 28 heavy (non-hydrogen) atoms. The summed E-state index contributed by atoms with van der Waals surface area (Å²) >= 11 is 0. The fourth-order valence-corrected chi connectivity index (χ4v) is 2.57. The summed E-state index contributed by atoms with van der Waals surface area (Å²) in [4.78, 5) is 6.50. The minimum absolute atomic E-state index is 0.0927. The summed E-state index contributed by atoms with van der Waals surface area (Å²) in [5, 5.41) is 2.98. The van der Waals surface area contributed by atoms with Crippen LogP contribution < -0.4 is 5.73 Å². The van der Waals surface area contributed by atoms with E-state index in [1.54, 1.807) is 0 Å². The molecule has 3 rings (SSSR count). The number of pyridine rings is 2. The molecule has 0 bridgehead atoms. The van der Waals surface area contributed by atoms with Gasteiger partial charge >= 0.3 is 12.4 Å². The van der Waals surface area contributed by atoms with Gasteiger partial charge in [-0.2, -0.15) is 36.1 Å². The number of alkyl halides is 8. The zero-order valence-electron chi connectivity index (χ0n) is 13.7. The Labute approximate surface area is 150 Å². The van der Waals surface area contributed by atoms with Crippen LogP contribution in [0, 0.1) is 6.92 Å². The molecule has 0 aliphatic carbocycles. The SMILES string of the molecule is Cc1cc(C(F)(F)F)cnc1-n1nc2cc(C(F)F)nc(C(F)(F)F)c2c1N. The smallest absolute Gasteiger partial charge is 0.383 e. The van der Waals surface area contributed by atoms with Gasteiger partial charge in [0.25, 0.3) is 6.43 Å². The van der Waals surface area contributed by atoms with E-state index in [2.05, 4.69) is 15.1 Å². The largest absolute Gasteiger partial charge is 0.434 e. The zero-order chi connectivity index (χ0) is 21.0. The molecule has 0 aliphatic rings. The van der Waals surface area contributed by atoms with Gasteiger partial charge in [0.1, 0.15) is 11.5 Å². The first-order valence-corrected chi connectivity index (χ1v) is 7.39. The van der Waals surface area contributed by atoms with Gasteiger partial charge < -0.3 is 5.73 Å². The number of nitrogens with two attached hydrogens (primary N) is 1. The van der Waals surface area contributed by atoms with Gasteiger partial charge in [0, 0.05) is 6.20 Å². The summed E-state index contributed by atoms with van der Waals surface area (Å²) in [6.07, 6.45) is -12.6. The van der Waals surface area contributed by atoms with Gasteiger partial charge in [-0.15, -0.1) is 0 Å². The molecule has 0 spiro atoms. The molecule has 3 heterocycles. The molecule has 0 saturated carbocycles. The summed E-state index contributed by atoms with van der Waals surface area (Å²) in [7, 11) is 0. The van der Waals surface area contributed by atoms with E-state index in [1.807, 2.05) is 0 Å². The second-order valence-electron chi connectivity index (χ2n) is 5.75. The predicted octanol–water partition coefficient (Wildman–Crippen LogP) is 4.68. The Morgan fingerprint density at radius 3 is 2.18 bits per heavy atom. The van der Waals surface area contributed by atoms with Gasteiger partial charge in [0.2, 0.25) is 0 Å². The number of nitrogens with zero attached hydrogens (tertiary/aromatic N) is 4. The van der Waals surface area contributed by atoms with Crippen molar-refractivity contribution in [3.8, 4) is 5.82 Å². The van der Waals surface area contributed by atoms with E-state index in [4.69, 9.17) is 5.73 Å². The van der Waals surface area contributed by atoms with E-state index in [0.29, 0.717) is 23.0 Å². The van der Waals surface area contributed by atoms with E-state index >= 15 is 0 Å². The first-order chi connectivity index (χ1) is 12.8. The first kappa shape index (κ1) is 19.8. The number of aromatic nitrogens is 4. The van der Waals surface area contributed by atoms with Crippen LogP contribution in [0.5, 0.6) is 0 Å². The molecule has 2 N–H and O–H groups in total. The number of halogens is 8. The van der Waals surface area contributed by atoms with Crippen LogP contribution in [0.4, 0.5) is 40.9 Å². The minimum Gasteiger partial charge on any atom is -0.383 e. The molecule has 0 fully saturated rings. The van der Waals surface area contributed by atoms with Crippen molar-refractivity contribution in [3.05, 3.63) is 40.8 Å². The lowest BCUT2D eigenvalue weighted by molar-refractivity contribution is -0.140. The Kier molecular flexibility index (Phi) is 4.43. The maximum absolute atomic E-state index is 13.3. The third-order valence-electron chi connectivity index (χ3n) is 3.78. The number of nitrogen functional groups attached to an aromatic ring is 1. The maximum atomic E-state index is 13.3. The first-order valence-electron chi connectivity index (χ1n) is 7.39. The van der Waals surface area contributed by atoms with Crippen LogP contribution >= 0.6 is 0 Å². The van der Waals surface area contributed by atoms with E-state index in [9.17, 15) is 35.1 Å². The fraction of sp³-hybridized carbons (Fsp3) is 0.267. The lowest BCUT2D eigenvalue weighted by atomic mass is 10.2. The molecule has 0 amide bonds. The summed E-state index contributed by atoms with van der Waals surface area (Å²) in [5.41, 5.74) is 1.14. The lowest BCUT2D eigenvalue weighted by Crippen LogP contribution is -2.12. The molecule has 0 aliphatic heterocycles. The van der Waals surface area contributed by atoms with Crippen LogP contribution in [0.25, 0.3) is 16.7 Å². The Morgan fingerprint density at radius 2 is 1.68 bits per heavy atom. The third kappa shape index (κ3) is 3.31. The van der Waals surface area contributed by atoms with E-state index in [1.165, 1.54) is 6.92 Å². The van der Waals surface area contributed by atoms with Gasteiger partial charge in [0.15, 0.2) is 11.5 Å². The quantitative estimate of drug-likeness (QED) is 0.622. The number of hydrogen-bond acceptors (Lipinski definition) is 4. The van der Waals surface area contributed by atoms with Crippen LogP contribution in [0.1, 0.15) is 28.9 Å². The second kappa shape index (κ2) is 6.27. The standard InChI is InChI=1S/C15H9F8N5/c1-5-2-6(14(18,19)20)4-25-13(5)28-12(24)9-7(27-28)3-8(11(16)17)26-10(9)15(21,22)23/h2-4,11H,24H2,1H3. The highest BCUT2D eigenvalue weighted by Crippen LogP contribution is 2.39. The van der Waals surface area contributed by atoms with E-state index < -0.39 is 52.5 Å². The third-order valence-corrected chi connectivity index (χ3v) is 3.78. The van der Waals surface area contributed by atoms with Crippen molar-refractivity contribution in [1.82, 2.24) is 19.7 Å². The molecule has 0 atom stereocenters. The average Bonchev–Trinajstić information content (AvgIpc) is 2.89. The lowest BCUT2D eigenvalue weighted by Gasteiger charge is -2.11. The van der Waals surface area contributed by atoms with Gasteiger partial charge in [-0.05, 0) is 24.6 Å². The Hall–Kier alpha value is -2.99. The summed E-state index contributed by atoms with van der Waals surface area (Å²) in [6.45, 7) is 1.22. The monoisotopic (exact) mass is 411 g/mol. The Morgan fingerprint density at radius 1 is 1.04 bits per heavy atom. The number of rotatable bonds is 2. The molecular weight excluding hydrogens is 402 g/mol. The molecular formula is C15H9F8N5. The van der Waals surface area contributed by atoms with Crippen molar-refractivity contribution in [3.63, 3.8) is 0 Å². The average molecular weight is 411 g/mol. The van der Waals surface area contributed by atoms with Gasteiger partial charge in [-0.3, -0.25) is 0 Å². The summed E-state index contributed by atoms with van der Waals surface area (Å²) in [5.74, 6) is -0.931. The molecule has 0 unspecified atom stereocenters. The molecule has 3 aromatic heterocycles. The Bertz CT molecular complexity index is 1050. The summed E-state index contributed by atoms with van der Waals surface area (Å²) < 4.78 is 105. The molecule has 0 radical (unpaired) electrons. The number of hydrogen-bond donors (Lipinski definition) is 1. The van der Waals surface area contributed by atoms with Crippen molar-refractivity contribution >= 4 is 16.7 Å². The summed E-state index contributed by atoms with van der Waals surface area (Å²) in [6, 6.07) is 1.34. The van der Waals surface area contributed by atoms with Crippen LogP contribution in [-0.4, -0.2) is 19.7 Å². The Balaban J connectivity index is 2.28. The molecule has 0 aromatic carbocycles. The highest BCUT2D eigenvalue weighted by atomic mass is 19.4. The number of aryl methyl sites for hydroxylation is 1. The van der Waals surface area contributed by atoms with Crippen molar-refractivity contribution in [2.24, 2.45) is 0 Å². The normalized spacial score (nSPS) is 12.9. The molecule has 0 saturated heterocycles. The van der Waals surface area contributed by atoms with E-state index in [0.717, 1.165) is 0 Å². The molecule has 150 valence electrons. The second-order valence-corrected chi connectivity index (χ2v) is 5.75. The molecule has 13 heteroatoms. The zero-order valence-corrected chi connectivity index (χ0v) is 13.7. The fourth-order valence-electron chi connectivity index (χ4n) is 2.57. The number of anilines is 1. The van der Waals surface area contributed by atoms with Crippen LogP contribution in [-0.2, 0) is 12.4 Å². The van der Waals surface area contributed by atoms with Crippen LogP contribution in [0.15, 0.2) is 18.3 Å². The van der Waals surface area contributed by atoms with Crippen molar-refractivity contribution in [2.45, 2.75) is 25.7 Å². The van der Waals surface area contributed by atoms with Crippen molar-refractivity contribution in [1.29, 1.82) is 0 Å². The maximum Gasteiger partial charge on any atom is 0.434 e. The minimum atomic E-state index is -5.12. The van der Waals surface area contributed by atoms with Gasteiger partial charge in [0.05, 0.1) is 16.5 Å². The van der Waals surface area contributed by atoms with Gasteiger partial charge in [-0.25, -0.2) is 18.7 Å². The highest BCUT2D eigenvalue weighted by molar-refractivity contribution is 5.92. The number of fused-ring (bicyclic) bond motifs is 1. The highest BCUT2D eigenvalue weighted by Gasteiger charge is 2.38. The topological polar surface area (TPSA) is 69.6 Å². The van der Waals surface area contributed by atoms with Crippen molar-refractivity contribution in [2.75, 3.05) is 5.73 Å². The van der Waals surface area contributed by atoms with Gasteiger partial charge in [-0.1, -0.05) is 0 Å². The van der Waals surface area contributed by atoms with E-state index in [-0.39, 0.29) is 11.4 Å². The predicted molar refractivity (Wildman–Crippen MR) is 80.8 cm³/mol. The van der Waals surface area contributed by atoms with Crippen molar-refractivity contribution < 1.29 is 35.1 Å².